The highest BCUT2D eigenvalue weighted by molar-refractivity contribution is 5.81. The predicted octanol–water partition coefficient (Wildman–Crippen LogP) is 1.92. The Balaban J connectivity index is 1.77. The summed E-state index contributed by atoms with van der Waals surface area (Å²) in [5.74, 6) is 0.166. The maximum Gasteiger partial charge on any atom is 0.252 e. The lowest BCUT2D eigenvalue weighted by Gasteiger charge is -2.27. The van der Waals surface area contributed by atoms with Crippen LogP contribution >= 0.6 is 0 Å². The van der Waals surface area contributed by atoms with E-state index >= 15 is 0 Å². The van der Waals surface area contributed by atoms with Gasteiger partial charge in [0.15, 0.2) is 0 Å². The maximum atomic E-state index is 12.4. The molecule has 1 aromatic rings. The number of aromatic nitrogens is 1. The molecule has 0 spiro atoms. The summed E-state index contributed by atoms with van der Waals surface area (Å²) in [6, 6.07) is 4.18. The van der Waals surface area contributed by atoms with Crippen LogP contribution in [0.4, 0.5) is 0 Å². The van der Waals surface area contributed by atoms with Crippen LogP contribution in [0.5, 0.6) is 0 Å². The Morgan fingerprint density at radius 3 is 3.06 bits per heavy atom. The SMILES string of the molecule is O=C(C1CCCO1)N1CCCC1c1cccnc1. The zero-order valence-corrected chi connectivity index (χ0v) is 10.4. The molecule has 2 unspecified atom stereocenters. The van der Waals surface area contributed by atoms with Gasteiger partial charge in [-0.05, 0) is 37.3 Å². The van der Waals surface area contributed by atoms with Crippen molar-refractivity contribution in [2.45, 2.75) is 37.8 Å². The van der Waals surface area contributed by atoms with Crippen LogP contribution in [0.3, 0.4) is 0 Å². The predicted molar refractivity (Wildman–Crippen MR) is 66.9 cm³/mol. The summed E-state index contributed by atoms with van der Waals surface area (Å²) in [7, 11) is 0. The molecular weight excluding hydrogens is 228 g/mol. The summed E-state index contributed by atoms with van der Waals surface area (Å²) >= 11 is 0. The molecule has 2 saturated heterocycles. The minimum absolute atomic E-state index is 0.166. The number of hydrogen-bond acceptors (Lipinski definition) is 3. The van der Waals surface area contributed by atoms with Crippen molar-refractivity contribution < 1.29 is 9.53 Å². The Labute approximate surface area is 107 Å². The molecule has 96 valence electrons. The van der Waals surface area contributed by atoms with E-state index in [2.05, 4.69) is 11.1 Å². The number of rotatable bonds is 2. The monoisotopic (exact) mass is 246 g/mol. The van der Waals surface area contributed by atoms with Crippen molar-refractivity contribution in [2.75, 3.05) is 13.2 Å². The third-order valence-electron chi connectivity index (χ3n) is 3.81. The maximum absolute atomic E-state index is 12.4. The van der Waals surface area contributed by atoms with Crippen molar-refractivity contribution in [3.8, 4) is 0 Å². The van der Waals surface area contributed by atoms with Crippen molar-refractivity contribution in [3.63, 3.8) is 0 Å². The van der Waals surface area contributed by atoms with E-state index < -0.39 is 0 Å². The fourth-order valence-electron chi connectivity index (χ4n) is 2.91. The first-order chi connectivity index (χ1) is 8.86. The lowest BCUT2D eigenvalue weighted by Crippen LogP contribution is -2.38. The molecule has 18 heavy (non-hydrogen) atoms. The van der Waals surface area contributed by atoms with Crippen LogP contribution < -0.4 is 0 Å². The highest BCUT2D eigenvalue weighted by Gasteiger charge is 2.35. The van der Waals surface area contributed by atoms with E-state index in [4.69, 9.17) is 4.74 Å². The summed E-state index contributed by atoms with van der Waals surface area (Å²) < 4.78 is 5.50. The van der Waals surface area contributed by atoms with E-state index in [9.17, 15) is 4.79 Å². The molecule has 0 N–H and O–H groups in total. The molecule has 1 amide bonds. The Kier molecular flexibility index (Phi) is 3.28. The van der Waals surface area contributed by atoms with Gasteiger partial charge >= 0.3 is 0 Å². The van der Waals surface area contributed by atoms with Gasteiger partial charge in [-0.1, -0.05) is 6.07 Å². The quantitative estimate of drug-likeness (QED) is 0.800. The molecule has 2 aliphatic heterocycles. The van der Waals surface area contributed by atoms with Gasteiger partial charge in [0.05, 0.1) is 6.04 Å². The molecule has 1 aromatic heterocycles. The zero-order chi connectivity index (χ0) is 12.4. The van der Waals surface area contributed by atoms with Crippen molar-refractivity contribution in [2.24, 2.45) is 0 Å². The molecule has 0 radical (unpaired) electrons. The molecule has 0 saturated carbocycles. The Hall–Kier alpha value is -1.42. The molecule has 3 rings (SSSR count). The van der Waals surface area contributed by atoms with E-state index in [0.29, 0.717) is 0 Å². The van der Waals surface area contributed by atoms with Gasteiger partial charge in [-0.15, -0.1) is 0 Å². The minimum atomic E-state index is -0.206. The van der Waals surface area contributed by atoms with E-state index in [0.717, 1.165) is 44.4 Å². The van der Waals surface area contributed by atoms with Crippen molar-refractivity contribution in [3.05, 3.63) is 30.1 Å². The van der Waals surface area contributed by atoms with Gasteiger partial charge in [0, 0.05) is 25.5 Å². The first-order valence-corrected chi connectivity index (χ1v) is 6.68. The number of nitrogens with zero attached hydrogens (tertiary/aromatic N) is 2. The fourth-order valence-corrected chi connectivity index (χ4v) is 2.91. The Morgan fingerprint density at radius 1 is 1.39 bits per heavy atom. The van der Waals surface area contributed by atoms with Crippen LogP contribution in [-0.2, 0) is 9.53 Å². The lowest BCUT2D eigenvalue weighted by atomic mass is 10.1. The summed E-state index contributed by atoms with van der Waals surface area (Å²) in [5, 5.41) is 0. The van der Waals surface area contributed by atoms with E-state index in [1.165, 1.54) is 0 Å². The Bertz CT molecular complexity index is 415. The molecule has 4 heteroatoms. The van der Waals surface area contributed by atoms with Crippen LogP contribution in [0.2, 0.25) is 0 Å². The molecule has 2 aliphatic rings. The fraction of sp³-hybridized carbons (Fsp3) is 0.571. The number of amides is 1. The van der Waals surface area contributed by atoms with Gasteiger partial charge in [-0.3, -0.25) is 9.78 Å². The average molecular weight is 246 g/mol. The molecule has 3 heterocycles. The van der Waals surface area contributed by atoms with Gasteiger partial charge < -0.3 is 9.64 Å². The largest absolute Gasteiger partial charge is 0.368 e. The standard InChI is InChI=1S/C14H18N2O2/c17-14(13-6-3-9-18-13)16-8-2-5-12(16)11-4-1-7-15-10-11/h1,4,7,10,12-13H,2-3,5-6,8-9H2. The number of carbonyl (C=O) groups is 1. The number of pyridine rings is 1. The highest BCUT2D eigenvalue weighted by Crippen LogP contribution is 2.33. The summed E-state index contributed by atoms with van der Waals surface area (Å²) in [5.41, 5.74) is 1.14. The van der Waals surface area contributed by atoms with Crippen LogP contribution in [0.1, 0.15) is 37.3 Å². The summed E-state index contributed by atoms with van der Waals surface area (Å²) in [6.45, 7) is 1.57. The number of hydrogen-bond donors (Lipinski definition) is 0. The van der Waals surface area contributed by atoms with Gasteiger partial charge in [0.25, 0.3) is 5.91 Å². The van der Waals surface area contributed by atoms with E-state index in [1.54, 1.807) is 6.20 Å². The van der Waals surface area contributed by atoms with E-state index in [1.807, 2.05) is 17.2 Å². The van der Waals surface area contributed by atoms with Crippen LogP contribution in [0.25, 0.3) is 0 Å². The van der Waals surface area contributed by atoms with Crippen LogP contribution in [-0.4, -0.2) is 35.0 Å². The number of carbonyl (C=O) groups excluding carboxylic acids is 1. The molecular formula is C14H18N2O2. The van der Waals surface area contributed by atoms with Gasteiger partial charge in [0.1, 0.15) is 6.10 Å². The van der Waals surface area contributed by atoms with Gasteiger partial charge in [0.2, 0.25) is 0 Å². The van der Waals surface area contributed by atoms with Crippen LogP contribution in [0, 0.1) is 0 Å². The summed E-state index contributed by atoms with van der Waals surface area (Å²) in [6.07, 6.45) is 7.40. The molecule has 0 aromatic carbocycles. The van der Waals surface area contributed by atoms with Gasteiger partial charge in [-0.25, -0.2) is 0 Å². The second-order valence-corrected chi connectivity index (χ2v) is 4.98. The third-order valence-corrected chi connectivity index (χ3v) is 3.81. The number of ether oxygens (including phenoxy) is 1. The number of likely N-dealkylation sites (tertiary alicyclic amines) is 1. The van der Waals surface area contributed by atoms with Gasteiger partial charge in [-0.2, -0.15) is 0 Å². The topological polar surface area (TPSA) is 42.4 Å². The van der Waals surface area contributed by atoms with Crippen molar-refractivity contribution in [1.82, 2.24) is 9.88 Å². The second kappa shape index (κ2) is 5.06. The minimum Gasteiger partial charge on any atom is -0.368 e. The average Bonchev–Trinajstić information content (AvgIpc) is 3.10. The Morgan fingerprint density at radius 2 is 2.33 bits per heavy atom. The smallest absolute Gasteiger partial charge is 0.252 e. The molecule has 2 atom stereocenters. The first kappa shape index (κ1) is 11.7. The highest BCUT2D eigenvalue weighted by atomic mass is 16.5. The second-order valence-electron chi connectivity index (χ2n) is 4.98. The van der Waals surface area contributed by atoms with Crippen molar-refractivity contribution >= 4 is 5.91 Å². The molecule has 2 fully saturated rings. The normalized spacial score (nSPS) is 27.7. The summed E-state index contributed by atoms with van der Waals surface area (Å²) in [4.78, 5) is 18.5. The zero-order valence-electron chi connectivity index (χ0n) is 10.4. The van der Waals surface area contributed by atoms with Crippen molar-refractivity contribution in [1.29, 1.82) is 0 Å². The van der Waals surface area contributed by atoms with Crippen LogP contribution in [0.15, 0.2) is 24.5 Å². The molecule has 0 bridgehead atoms. The third kappa shape index (κ3) is 2.12. The van der Waals surface area contributed by atoms with E-state index in [-0.39, 0.29) is 18.1 Å². The molecule has 0 aliphatic carbocycles. The lowest BCUT2D eigenvalue weighted by molar-refractivity contribution is -0.141. The first-order valence-electron chi connectivity index (χ1n) is 6.68. The molecule has 4 nitrogen and oxygen atoms in total.